The van der Waals surface area contributed by atoms with E-state index >= 15 is 0 Å². The fraction of sp³-hybridized carbons (Fsp3) is 0.269. The van der Waals surface area contributed by atoms with Crippen LogP contribution in [0.15, 0.2) is 57.6 Å². The van der Waals surface area contributed by atoms with Gasteiger partial charge < -0.3 is 19.5 Å². The lowest BCUT2D eigenvalue weighted by atomic mass is 9.86. The number of rotatable bonds is 7. The number of nitrogens with zero attached hydrogens (tertiary/aromatic N) is 2. The largest absolute Gasteiger partial charge is 0.422 e. The molecule has 5 rings (SSSR count). The van der Waals surface area contributed by atoms with Gasteiger partial charge in [0.25, 0.3) is 5.91 Å². The molecule has 2 heterocycles. The van der Waals surface area contributed by atoms with Crippen LogP contribution in [0.1, 0.15) is 28.4 Å². The van der Waals surface area contributed by atoms with Crippen molar-refractivity contribution < 1.29 is 40.5 Å². The number of nitrogens with one attached hydrogen (secondary N) is 1. The molecular formula is C26H22F3N3O6S. The molecule has 13 heteroatoms. The van der Waals surface area contributed by atoms with E-state index in [0.717, 1.165) is 6.26 Å². The number of hydrogen-bond donors (Lipinski definition) is 2. The van der Waals surface area contributed by atoms with Gasteiger partial charge in [-0.2, -0.15) is 13.2 Å². The molecule has 1 atom stereocenters. The van der Waals surface area contributed by atoms with E-state index in [-0.39, 0.29) is 35.6 Å². The molecule has 0 spiro atoms. The van der Waals surface area contributed by atoms with Crippen LogP contribution in [0.2, 0.25) is 0 Å². The van der Waals surface area contributed by atoms with Crippen molar-refractivity contribution in [1.29, 1.82) is 0 Å². The highest BCUT2D eigenvalue weighted by atomic mass is 32.2. The minimum Gasteiger partial charge on any atom is -0.378 e. The van der Waals surface area contributed by atoms with E-state index in [4.69, 9.17) is 9.05 Å². The summed E-state index contributed by atoms with van der Waals surface area (Å²) < 4.78 is 75.5. The van der Waals surface area contributed by atoms with E-state index in [1.54, 1.807) is 30.3 Å². The molecule has 0 fully saturated rings. The van der Waals surface area contributed by atoms with Gasteiger partial charge >= 0.3 is 6.18 Å². The van der Waals surface area contributed by atoms with Gasteiger partial charge in [-0.3, -0.25) is 4.79 Å². The van der Waals surface area contributed by atoms with Gasteiger partial charge in [-0.15, -0.1) is 0 Å². The average molecular weight is 562 g/mol. The lowest BCUT2D eigenvalue weighted by Gasteiger charge is -2.18. The molecule has 0 saturated carbocycles. The fourth-order valence-corrected chi connectivity index (χ4v) is 5.00. The van der Waals surface area contributed by atoms with Crippen molar-refractivity contribution in [2.45, 2.75) is 25.1 Å². The van der Waals surface area contributed by atoms with Gasteiger partial charge in [-0.25, -0.2) is 8.42 Å². The maximum atomic E-state index is 14.2. The second-order valence-electron chi connectivity index (χ2n) is 9.18. The first kappa shape index (κ1) is 26.6. The Bertz CT molecular complexity index is 1650. The molecule has 1 amide bonds. The van der Waals surface area contributed by atoms with Crippen LogP contribution in [-0.4, -0.2) is 48.3 Å². The Morgan fingerprint density at radius 3 is 2.44 bits per heavy atom. The molecule has 204 valence electrons. The number of hydrogen-bond acceptors (Lipinski definition) is 8. The molecule has 0 aliphatic heterocycles. The molecule has 2 aromatic heterocycles. The van der Waals surface area contributed by atoms with Gasteiger partial charge in [0.2, 0.25) is 0 Å². The van der Waals surface area contributed by atoms with Gasteiger partial charge in [0.15, 0.2) is 23.3 Å². The maximum absolute atomic E-state index is 14.2. The number of carbonyl (C=O) groups is 1. The second kappa shape index (κ2) is 9.97. The van der Waals surface area contributed by atoms with Crippen molar-refractivity contribution in [2.75, 3.05) is 18.6 Å². The molecule has 2 N–H and O–H groups in total. The third kappa shape index (κ3) is 5.32. The molecule has 0 unspecified atom stereocenters. The molecule has 9 nitrogen and oxygen atoms in total. The highest BCUT2D eigenvalue weighted by Gasteiger charge is 2.43. The summed E-state index contributed by atoms with van der Waals surface area (Å²) >= 11 is 0. The van der Waals surface area contributed by atoms with Crippen LogP contribution in [0.3, 0.4) is 0 Å². The lowest BCUT2D eigenvalue weighted by molar-refractivity contribution is -0.137. The molecule has 4 aromatic rings. The average Bonchev–Trinajstić information content (AvgIpc) is 3.52. The highest BCUT2D eigenvalue weighted by molar-refractivity contribution is 7.90. The van der Waals surface area contributed by atoms with Crippen molar-refractivity contribution in [3.8, 4) is 34.0 Å². The first-order valence-corrected chi connectivity index (χ1v) is 13.9. The Kier molecular flexibility index (Phi) is 6.81. The molecular weight excluding hydrogens is 539 g/mol. The Hall–Kier alpha value is -3.97. The summed E-state index contributed by atoms with van der Waals surface area (Å²) in [7, 11) is -3.28. The van der Waals surface area contributed by atoms with Gasteiger partial charge in [-0.1, -0.05) is 58.8 Å². The zero-order chi connectivity index (χ0) is 27.9. The number of sulfone groups is 1. The van der Waals surface area contributed by atoms with Crippen LogP contribution in [0, 0.1) is 0 Å². The van der Waals surface area contributed by atoms with Crippen LogP contribution in [-0.2, 0) is 33.6 Å². The maximum Gasteiger partial charge on any atom is 0.422 e. The number of halogens is 3. The first-order valence-electron chi connectivity index (χ1n) is 11.8. The molecule has 0 radical (unpaired) electrons. The standard InChI is InChI=1S/C26H22F3N3O6S/c1-39(35,36)12-11-30-25(34)22(33)16-8-9-17-15(13-16)7-10-18-20(17)31-38-24(18)21-19(26(27,28)29)23(37-32-21)14-5-3-2-4-6-14/h2-6,8-9,13,22,33H,7,10-12H2,1H3,(H,30,34)/t22-/m1/s1. The molecule has 1 aliphatic carbocycles. The SMILES string of the molecule is CS(=O)(=O)CCNC(=O)[C@H](O)c1ccc2c(c1)CCc1c-2noc1-c1noc(-c2ccccc2)c1C(F)(F)F. The van der Waals surface area contributed by atoms with Crippen molar-refractivity contribution >= 4 is 15.7 Å². The predicted octanol–water partition coefficient (Wildman–Crippen LogP) is 3.98. The number of aryl methyl sites for hydroxylation is 1. The van der Waals surface area contributed by atoms with Crippen LogP contribution in [0.25, 0.3) is 34.0 Å². The molecule has 0 saturated heterocycles. The summed E-state index contributed by atoms with van der Waals surface area (Å²) in [6.45, 7) is -0.140. The van der Waals surface area contributed by atoms with Crippen LogP contribution >= 0.6 is 0 Å². The monoisotopic (exact) mass is 561 g/mol. The Labute approximate surface area is 220 Å². The number of aromatic nitrogens is 2. The van der Waals surface area contributed by atoms with Gasteiger partial charge in [-0.05, 0) is 24.0 Å². The minimum absolute atomic E-state index is 0.136. The van der Waals surface area contributed by atoms with E-state index < -0.39 is 45.0 Å². The zero-order valence-electron chi connectivity index (χ0n) is 20.4. The van der Waals surface area contributed by atoms with Crippen molar-refractivity contribution in [2.24, 2.45) is 0 Å². The van der Waals surface area contributed by atoms with E-state index in [0.29, 0.717) is 28.8 Å². The van der Waals surface area contributed by atoms with Gasteiger partial charge in [0.1, 0.15) is 21.1 Å². The molecule has 0 bridgehead atoms. The van der Waals surface area contributed by atoms with Crippen molar-refractivity contribution in [1.82, 2.24) is 15.6 Å². The van der Waals surface area contributed by atoms with Gasteiger partial charge in [0, 0.05) is 29.5 Å². The lowest BCUT2D eigenvalue weighted by Crippen LogP contribution is -2.33. The van der Waals surface area contributed by atoms with E-state index in [1.165, 1.54) is 18.2 Å². The molecule has 1 aliphatic rings. The Morgan fingerprint density at radius 2 is 1.74 bits per heavy atom. The van der Waals surface area contributed by atoms with E-state index in [2.05, 4.69) is 15.6 Å². The Morgan fingerprint density at radius 1 is 1.05 bits per heavy atom. The minimum atomic E-state index is -4.78. The van der Waals surface area contributed by atoms with Crippen molar-refractivity contribution in [3.05, 3.63) is 70.8 Å². The predicted molar refractivity (Wildman–Crippen MR) is 133 cm³/mol. The summed E-state index contributed by atoms with van der Waals surface area (Å²) in [5.41, 5.74) is 1.02. The number of benzene rings is 2. The fourth-order valence-electron chi connectivity index (χ4n) is 4.52. The quantitative estimate of drug-likeness (QED) is 0.346. The molecule has 2 aromatic carbocycles. The summed E-state index contributed by atoms with van der Waals surface area (Å²) in [5, 5.41) is 20.6. The molecule has 39 heavy (non-hydrogen) atoms. The number of aliphatic hydroxyl groups is 1. The zero-order valence-corrected chi connectivity index (χ0v) is 21.3. The third-order valence-electron chi connectivity index (χ3n) is 6.38. The number of aliphatic hydroxyl groups excluding tert-OH is 1. The summed E-state index contributed by atoms with van der Waals surface area (Å²) in [5.74, 6) is -1.57. The third-order valence-corrected chi connectivity index (χ3v) is 7.33. The summed E-state index contributed by atoms with van der Waals surface area (Å²) in [4.78, 5) is 12.3. The van der Waals surface area contributed by atoms with Crippen LogP contribution < -0.4 is 5.32 Å². The van der Waals surface area contributed by atoms with Gasteiger partial charge in [0.05, 0.1) is 5.75 Å². The number of carbonyl (C=O) groups excluding carboxylic acids is 1. The topological polar surface area (TPSA) is 136 Å². The van der Waals surface area contributed by atoms with E-state index in [9.17, 15) is 31.5 Å². The van der Waals surface area contributed by atoms with Crippen molar-refractivity contribution in [3.63, 3.8) is 0 Å². The Balaban J connectivity index is 1.45. The number of amides is 1. The smallest absolute Gasteiger partial charge is 0.378 e. The summed E-state index contributed by atoms with van der Waals surface area (Å²) in [6, 6.07) is 12.5. The highest BCUT2D eigenvalue weighted by Crippen LogP contribution is 2.46. The van der Waals surface area contributed by atoms with Crippen LogP contribution in [0.4, 0.5) is 13.2 Å². The first-order chi connectivity index (χ1) is 18.4. The van der Waals surface area contributed by atoms with Crippen LogP contribution in [0.5, 0.6) is 0 Å². The number of alkyl halides is 3. The second-order valence-corrected chi connectivity index (χ2v) is 11.4. The van der Waals surface area contributed by atoms with E-state index in [1.807, 2.05) is 0 Å². The summed E-state index contributed by atoms with van der Waals surface area (Å²) in [6.07, 6.45) is -4.63. The number of fused-ring (bicyclic) bond motifs is 3. The normalized spacial score (nSPS) is 14.0.